The zero-order chi connectivity index (χ0) is 20.4. The van der Waals surface area contributed by atoms with E-state index in [1.807, 2.05) is 13.8 Å². The van der Waals surface area contributed by atoms with E-state index in [2.05, 4.69) is 10.1 Å². The molecule has 1 amide bonds. The Kier molecular flexibility index (Phi) is 8.64. The number of carbonyl (C=O) groups excluding carboxylic acids is 3. The summed E-state index contributed by atoms with van der Waals surface area (Å²) < 4.78 is 9.44. The van der Waals surface area contributed by atoms with Gasteiger partial charge in [0.15, 0.2) is 6.61 Å². The fourth-order valence-electron chi connectivity index (χ4n) is 2.12. The SMILES string of the molecule is COC(=O)[C@@H](CC(C)C)NC(=O)COC(=O)/C=C/c1ccc([N+](=O)[O-])cc1. The van der Waals surface area contributed by atoms with Gasteiger partial charge in [0.25, 0.3) is 11.6 Å². The molecule has 0 heterocycles. The normalized spacial score (nSPS) is 11.9. The number of nitrogens with one attached hydrogen (secondary N) is 1. The molecule has 0 aliphatic heterocycles. The van der Waals surface area contributed by atoms with Crippen molar-refractivity contribution in [2.75, 3.05) is 13.7 Å². The first kappa shape index (κ1) is 21.8. The summed E-state index contributed by atoms with van der Waals surface area (Å²) in [5.74, 6) is -1.80. The maximum Gasteiger partial charge on any atom is 0.331 e. The maximum absolute atomic E-state index is 11.9. The van der Waals surface area contributed by atoms with Gasteiger partial charge in [-0.2, -0.15) is 0 Å². The zero-order valence-corrected chi connectivity index (χ0v) is 15.3. The molecule has 0 saturated carbocycles. The van der Waals surface area contributed by atoms with Crippen LogP contribution >= 0.6 is 0 Å². The second kappa shape index (κ2) is 10.7. The number of hydrogen-bond donors (Lipinski definition) is 1. The number of amides is 1. The Balaban J connectivity index is 2.51. The lowest BCUT2D eigenvalue weighted by Crippen LogP contribution is -2.44. The molecule has 9 heteroatoms. The predicted molar refractivity (Wildman–Crippen MR) is 96.5 cm³/mol. The van der Waals surface area contributed by atoms with Crippen LogP contribution in [0.25, 0.3) is 6.08 Å². The Hall–Kier alpha value is -3.23. The molecule has 0 aromatic heterocycles. The van der Waals surface area contributed by atoms with Crippen LogP contribution in [0.2, 0.25) is 0 Å². The largest absolute Gasteiger partial charge is 0.467 e. The zero-order valence-electron chi connectivity index (χ0n) is 15.3. The first-order valence-electron chi connectivity index (χ1n) is 8.19. The first-order chi connectivity index (χ1) is 12.7. The number of non-ortho nitro benzene ring substituents is 1. The van der Waals surface area contributed by atoms with Crippen LogP contribution in [0.1, 0.15) is 25.8 Å². The van der Waals surface area contributed by atoms with Crippen molar-refractivity contribution in [3.8, 4) is 0 Å². The number of esters is 2. The lowest BCUT2D eigenvalue weighted by Gasteiger charge is -2.18. The van der Waals surface area contributed by atoms with Gasteiger partial charge in [0.2, 0.25) is 0 Å². The van der Waals surface area contributed by atoms with Crippen LogP contribution in [0.4, 0.5) is 5.69 Å². The molecule has 1 aromatic carbocycles. The van der Waals surface area contributed by atoms with E-state index in [4.69, 9.17) is 4.74 Å². The van der Waals surface area contributed by atoms with Gasteiger partial charge in [-0.3, -0.25) is 14.9 Å². The summed E-state index contributed by atoms with van der Waals surface area (Å²) in [4.78, 5) is 45.2. The van der Waals surface area contributed by atoms with Crippen molar-refractivity contribution >= 4 is 29.6 Å². The highest BCUT2D eigenvalue weighted by molar-refractivity contribution is 5.90. The van der Waals surface area contributed by atoms with Crippen molar-refractivity contribution in [2.24, 2.45) is 5.92 Å². The number of rotatable bonds is 9. The fourth-order valence-corrected chi connectivity index (χ4v) is 2.12. The Morgan fingerprint density at radius 3 is 2.37 bits per heavy atom. The summed E-state index contributed by atoms with van der Waals surface area (Å²) in [5, 5.41) is 13.0. The van der Waals surface area contributed by atoms with Crippen LogP contribution in [0.5, 0.6) is 0 Å². The molecule has 0 saturated heterocycles. The number of methoxy groups -OCH3 is 1. The van der Waals surface area contributed by atoms with E-state index in [0.29, 0.717) is 12.0 Å². The first-order valence-corrected chi connectivity index (χ1v) is 8.19. The molecule has 1 N–H and O–H groups in total. The van der Waals surface area contributed by atoms with Crippen LogP contribution in [0, 0.1) is 16.0 Å². The number of nitrogens with zero attached hydrogens (tertiary/aromatic N) is 1. The molecular formula is C18H22N2O7. The smallest absolute Gasteiger partial charge is 0.331 e. The average molecular weight is 378 g/mol. The van der Waals surface area contributed by atoms with Gasteiger partial charge >= 0.3 is 11.9 Å². The molecule has 0 aliphatic carbocycles. The van der Waals surface area contributed by atoms with Gasteiger partial charge in [-0.25, -0.2) is 9.59 Å². The minimum absolute atomic E-state index is 0.0621. The van der Waals surface area contributed by atoms with Crippen LogP contribution in [0.15, 0.2) is 30.3 Å². The molecule has 0 bridgehead atoms. The molecule has 0 unspecified atom stereocenters. The standard InChI is InChI=1S/C18H22N2O7/c1-12(2)10-15(18(23)26-3)19-16(21)11-27-17(22)9-6-13-4-7-14(8-5-13)20(24)25/h4-9,12,15H,10-11H2,1-3H3,(H,19,21)/b9-6+/t15-/m1/s1. The quantitative estimate of drug-likeness (QED) is 0.301. The van der Waals surface area contributed by atoms with Gasteiger partial charge in [-0.05, 0) is 36.1 Å². The van der Waals surface area contributed by atoms with Crippen molar-refractivity contribution in [1.82, 2.24) is 5.32 Å². The van der Waals surface area contributed by atoms with E-state index in [-0.39, 0.29) is 11.6 Å². The lowest BCUT2D eigenvalue weighted by molar-refractivity contribution is -0.384. The Morgan fingerprint density at radius 2 is 1.85 bits per heavy atom. The number of benzene rings is 1. The summed E-state index contributed by atoms with van der Waals surface area (Å²) in [5.41, 5.74) is 0.498. The molecule has 0 spiro atoms. The molecule has 27 heavy (non-hydrogen) atoms. The molecule has 0 aliphatic rings. The minimum atomic E-state index is -0.808. The van der Waals surface area contributed by atoms with Gasteiger partial charge in [0.05, 0.1) is 12.0 Å². The summed E-state index contributed by atoms with van der Waals surface area (Å²) in [7, 11) is 1.23. The van der Waals surface area contributed by atoms with Crippen LogP contribution in [0.3, 0.4) is 0 Å². The molecule has 1 aromatic rings. The van der Waals surface area contributed by atoms with Gasteiger partial charge in [-0.1, -0.05) is 13.8 Å². The maximum atomic E-state index is 11.9. The fraction of sp³-hybridized carbons (Fsp3) is 0.389. The van der Waals surface area contributed by atoms with E-state index in [0.717, 1.165) is 6.08 Å². The highest BCUT2D eigenvalue weighted by Gasteiger charge is 2.22. The van der Waals surface area contributed by atoms with E-state index >= 15 is 0 Å². The lowest BCUT2D eigenvalue weighted by atomic mass is 10.0. The van der Waals surface area contributed by atoms with E-state index in [1.165, 1.54) is 37.5 Å². The third-order valence-electron chi connectivity index (χ3n) is 3.39. The highest BCUT2D eigenvalue weighted by atomic mass is 16.6. The monoisotopic (exact) mass is 378 g/mol. The Morgan fingerprint density at radius 1 is 1.22 bits per heavy atom. The van der Waals surface area contributed by atoms with Gasteiger partial charge in [0, 0.05) is 18.2 Å². The van der Waals surface area contributed by atoms with Crippen LogP contribution in [-0.4, -0.2) is 42.5 Å². The van der Waals surface area contributed by atoms with Gasteiger partial charge in [-0.15, -0.1) is 0 Å². The molecule has 146 valence electrons. The second-order valence-corrected chi connectivity index (χ2v) is 6.06. The van der Waals surface area contributed by atoms with Crippen LogP contribution < -0.4 is 5.32 Å². The molecule has 0 radical (unpaired) electrons. The summed E-state index contributed by atoms with van der Waals surface area (Å²) in [6.45, 7) is 3.24. The number of nitro groups is 1. The second-order valence-electron chi connectivity index (χ2n) is 6.06. The number of nitro benzene ring substituents is 1. The molecular weight excluding hydrogens is 356 g/mol. The van der Waals surface area contributed by atoms with Gasteiger partial charge in [0.1, 0.15) is 6.04 Å². The van der Waals surface area contributed by atoms with Crippen molar-refractivity contribution in [3.63, 3.8) is 0 Å². The van der Waals surface area contributed by atoms with Crippen molar-refractivity contribution < 1.29 is 28.8 Å². The molecule has 9 nitrogen and oxygen atoms in total. The van der Waals surface area contributed by atoms with E-state index in [9.17, 15) is 24.5 Å². The number of hydrogen-bond acceptors (Lipinski definition) is 7. The minimum Gasteiger partial charge on any atom is -0.467 e. The van der Waals surface area contributed by atoms with Gasteiger partial charge < -0.3 is 14.8 Å². The average Bonchev–Trinajstić information content (AvgIpc) is 2.63. The molecule has 1 rings (SSSR count). The van der Waals surface area contributed by atoms with E-state index in [1.54, 1.807) is 0 Å². The van der Waals surface area contributed by atoms with Crippen molar-refractivity contribution in [3.05, 3.63) is 46.0 Å². The van der Waals surface area contributed by atoms with E-state index < -0.39 is 35.4 Å². The summed E-state index contributed by atoms with van der Waals surface area (Å²) in [6, 6.07) is 4.75. The topological polar surface area (TPSA) is 125 Å². The number of ether oxygens (including phenoxy) is 2. The molecule has 1 atom stereocenters. The Bertz CT molecular complexity index is 711. The van der Waals surface area contributed by atoms with Crippen molar-refractivity contribution in [1.29, 1.82) is 0 Å². The third-order valence-corrected chi connectivity index (χ3v) is 3.39. The van der Waals surface area contributed by atoms with Crippen LogP contribution in [-0.2, 0) is 23.9 Å². The summed E-state index contributed by atoms with van der Waals surface area (Å²) in [6.07, 6.45) is 2.90. The number of carbonyl (C=O) groups is 3. The predicted octanol–water partition coefficient (Wildman–Crippen LogP) is 1.86. The third kappa shape index (κ3) is 8.13. The highest BCUT2D eigenvalue weighted by Crippen LogP contribution is 2.12. The summed E-state index contributed by atoms with van der Waals surface area (Å²) >= 11 is 0. The molecule has 0 fully saturated rings. The van der Waals surface area contributed by atoms with Crippen molar-refractivity contribution in [2.45, 2.75) is 26.3 Å². The Labute approximate surface area is 156 Å².